The van der Waals surface area contributed by atoms with Gasteiger partial charge in [-0.1, -0.05) is 0 Å². The lowest BCUT2D eigenvalue weighted by atomic mass is 10.0. The number of thiol groups is 1. The zero-order chi connectivity index (χ0) is 17.8. The Balaban J connectivity index is 2.59. The summed E-state index contributed by atoms with van der Waals surface area (Å²) in [5.41, 5.74) is 5.61. The molecule has 1 unspecified atom stereocenters. The monoisotopic (exact) mass is 341 g/mol. The van der Waals surface area contributed by atoms with E-state index in [1.807, 2.05) is 0 Å². The summed E-state index contributed by atoms with van der Waals surface area (Å²) in [6, 6.07) is 2.69. The van der Waals surface area contributed by atoms with E-state index in [0.29, 0.717) is 0 Å². The van der Waals surface area contributed by atoms with Gasteiger partial charge >= 0.3 is 5.97 Å². The molecular formula is C14H19N3O5S. The number of aromatic carboxylic acids is 1. The maximum atomic E-state index is 11.8. The highest BCUT2D eigenvalue weighted by atomic mass is 32.1. The molecule has 0 fully saturated rings. The van der Waals surface area contributed by atoms with Crippen LogP contribution in [-0.4, -0.2) is 45.3 Å². The van der Waals surface area contributed by atoms with Crippen LogP contribution in [0.2, 0.25) is 0 Å². The number of nitrogens with one attached hydrogen (secondary N) is 2. The number of aromatic hydroxyl groups is 1. The van der Waals surface area contributed by atoms with Crippen molar-refractivity contribution in [3.8, 4) is 5.75 Å². The smallest absolute Gasteiger partial charge is 0.339 e. The predicted molar refractivity (Wildman–Crippen MR) is 87.7 cm³/mol. The van der Waals surface area contributed by atoms with Crippen molar-refractivity contribution in [1.82, 2.24) is 5.32 Å². The van der Waals surface area contributed by atoms with Gasteiger partial charge in [0.25, 0.3) is 0 Å². The molecule has 0 aliphatic carbocycles. The van der Waals surface area contributed by atoms with Gasteiger partial charge < -0.3 is 26.6 Å². The minimum atomic E-state index is -1.28. The Morgan fingerprint density at radius 2 is 1.96 bits per heavy atom. The number of carbonyl (C=O) groups is 3. The third-order valence-electron chi connectivity index (χ3n) is 2.98. The summed E-state index contributed by atoms with van der Waals surface area (Å²) in [5.74, 6) is -2.83. The summed E-state index contributed by atoms with van der Waals surface area (Å²) < 4.78 is -0.737. The molecule has 1 rings (SSSR count). The van der Waals surface area contributed by atoms with Crippen molar-refractivity contribution < 1.29 is 24.6 Å². The summed E-state index contributed by atoms with van der Waals surface area (Å²) in [4.78, 5) is 34.3. The van der Waals surface area contributed by atoms with Gasteiger partial charge in [0.2, 0.25) is 11.8 Å². The van der Waals surface area contributed by atoms with Gasteiger partial charge in [0.1, 0.15) is 11.3 Å². The van der Waals surface area contributed by atoms with Crippen molar-refractivity contribution >= 4 is 36.1 Å². The second-order valence-corrected chi connectivity index (χ2v) is 6.59. The number of phenols is 1. The van der Waals surface area contributed by atoms with E-state index in [4.69, 9.17) is 10.8 Å². The Kier molecular flexibility index (Phi) is 5.99. The second-order valence-electron chi connectivity index (χ2n) is 5.43. The number of carboxylic acids is 1. The Morgan fingerprint density at radius 1 is 1.35 bits per heavy atom. The van der Waals surface area contributed by atoms with Crippen molar-refractivity contribution in [3.63, 3.8) is 0 Å². The Bertz CT molecular complexity index is 627. The molecule has 0 aliphatic rings. The van der Waals surface area contributed by atoms with Crippen LogP contribution in [0.25, 0.3) is 0 Å². The van der Waals surface area contributed by atoms with Crippen LogP contribution in [-0.2, 0) is 9.59 Å². The van der Waals surface area contributed by atoms with Crippen LogP contribution < -0.4 is 16.4 Å². The van der Waals surface area contributed by atoms with Gasteiger partial charge in [0.05, 0.1) is 12.6 Å². The van der Waals surface area contributed by atoms with E-state index in [1.165, 1.54) is 6.07 Å². The average molecular weight is 341 g/mol. The molecule has 0 spiro atoms. The lowest BCUT2D eigenvalue weighted by molar-refractivity contribution is -0.125. The third-order valence-corrected chi connectivity index (χ3v) is 3.26. The van der Waals surface area contributed by atoms with Gasteiger partial charge in [-0.25, -0.2) is 4.79 Å². The Labute approximate surface area is 138 Å². The van der Waals surface area contributed by atoms with E-state index in [9.17, 15) is 19.5 Å². The van der Waals surface area contributed by atoms with Gasteiger partial charge in [0, 0.05) is 16.5 Å². The van der Waals surface area contributed by atoms with E-state index in [1.54, 1.807) is 13.8 Å². The number of hydrogen-bond donors (Lipinski definition) is 6. The first-order valence-electron chi connectivity index (χ1n) is 6.64. The quantitative estimate of drug-likeness (QED) is 0.408. The number of carbonyl (C=O) groups excluding carboxylic acids is 2. The number of amides is 2. The van der Waals surface area contributed by atoms with Crippen LogP contribution in [0, 0.1) is 0 Å². The number of rotatable bonds is 6. The average Bonchev–Trinajstić information content (AvgIpc) is 2.42. The SMILES string of the molecule is CC(C)(S)C(N)C(=O)NCC(=O)Nc1ccc(C(=O)O)c(O)c1. The molecule has 126 valence electrons. The number of nitrogens with two attached hydrogens (primary N) is 1. The third kappa shape index (κ3) is 5.46. The molecule has 1 atom stereocenters. The van der Waals surface area contributed by atoms with Crippen LogP contribution in [0.15, 0.2) is 18.2 Å². The normalized spacial score (nSPS) is 12.3. The number of anilines is 1. The van der Waals surface area contributed by atoms with Crippen molar-refractivity contribution in [2.24, 2.45) is 5.73 Å². The van der Waals surface area contributed by atoms with Gasteiger partial charge in [0.15, 0.2) is 0 Å². The van der Waals surface area contributed by atoms with E-state index in [-0.39, 0.29) is 17.8 Å². The minimum Gasteiger partial charge on any atom is -0.507 e. The molecule has 0 aromatic heterocycles. The number of hydrogen-bond acceptors (Lipinski definition) is 6. The van der Waals surface area contributed by atoms with Crippen LogP contribution in [0.5, 0.6) is 5.75 Å². The van der Waals surface area contributed by atoms with Crippen LogP contribution in [0.4, 0.5) is 5.69 Å². The summed E-state index contributed by atoms with van der Waals surface area (Å²) in [7, 11) is 0. The van der Waals surface area contributed by atoms with Gasteiger partial charge in [-0.3, -0.25) is 9.59 Å². The molecule has 2 amide bonds. The van der Waals surface area contributed by atoms with E-state index >= 15 is 0 Å². The Morgan fingerprint density at radius 3 is 2.43 bits per heavy atom. The first-order chi connectivity index (χ1) is 10.5. The first kappa shape index (κ1) is 18.8. The first-order valence-corrected chi connectivity index (χ1v) is 7.09. The lowest BCUT2D eigenvalue weighted by Gasteiger charge is -2.24. The van der Waals surface area contributed by atoms with Crippen molar-refractivity contribution in [2.45, 2.75) is 24.6 Å². The summed E-state index contributed by atoms with van der Waals surface area (Å²) >= 11 is 4.19. The number of carboxylic acid groups (broad SMARTS) is 1. The fraction of sp³-hybridized carbons (Fsp3) is 0.357. The maximum absolute atomic E-state index is 11.8. The van der Waals surface area contributed by atoms with Crippen LogP contribution >= 0.6 is 12.6 Å². The molecule has 1 aromatic carbocycles. The molecule has 8 nitrogen and oxygen atoms in total. The Hall–Kier alpha value is -2.26. The summed E-state index contributed by atoms with van der Waals surface area (Å²) in [6.45, 7) is 3.03. The highest BCUT2D eigenvalue weighted by Crippen LogP contribution is 2.21. The molecule has 6 N–H and O–H groups in total. The highest BCUT2D eigenvalue weighted by Gasteiger charge is 2.28. The molecule has 0 heterocycles. The standard InChI is InChI=1S/C14H19N3O5S/c1-14(2,23)11(15)12(20)16-6-10(19)17-7-3-4-8(13(21)22)9(18)5-7/h3-5,11,18,23H,6,15H2,1-2H3,(H,16,20)(H,17,19)(H,21,22). The van der Waals surface area contributed by atoms with Gasteiger partial charge in [-0.15, -0.1) is 0 Å². The molecule has 23 heavy (non-hydrogen) atoms. The molecule has 0 saturated heterocycles. The van der Waals surface area contributed by atoms with Crippen molar-refractivity contribution in [1.29, 1.82) is 0 Å². The molecular weight excluding hydrogens is 322 g/mol. The summed E-state index contributed by atoms with van der Waals surface area (Å²) in [6.07, 6.45) is 0. The lowest BCUT2D eigenvalue weighted by Crippen LogP contribution is -2.52. The molecule has 0 saturated carbocycles. The predicted octanol–water partition coefficient (Wildman–Crippen LogP) is 0.181. The van der Waals surface area contributed by atoms with Gasteiger partial charge in [-0.2, -0.15) is 12.6 Å². The van der Waals surface area contributed by atoms with Crippen molar-refractivity contribution in [3.05, 3.63) is 23.8 Å². The molecule has 0 radical (unpaired) electrons. The minimum absolute atomic E-state index is 0.200. The molecule has 0 aliphatic heterocycles. The van der Waals surface area contributed by atoms with Crippen molar-refractivity contribution in [2.75, 3.05) is 11.9 Å². The highest BCUT2D eigenvalue weighted by molar-refractivity contribution is 7.81. The van der Waals surface area contributed by atoms with Crippen LogP contribution in [0.1, 0.15) is 24.2 Å². The molecule has 9 heteroatoms. The van der Waals surface area contributed by atoms with Crippen LogP contribution in [0.3, 0.4) is 0 Å². The zero-order valence-electron chi connectivity index (χ0n) is 12.7. The summed E-state index contributed by atoms with van der Waals surface area (Å²) in [5, 5.41) is 23.1. The van der Waals surface area contributed by atoms with Gasteiger partial charge in [-0.05, 0) is 26.0 Å². The topological polar surface area (TPSA) is 142 Å². The largest absolute Gasteiger partial charge is 0.507 e. The van der Waals surface area contributed by atoms with E-state index in [2.05, 4.69) is 23.3 Å². The molecule has 0 bridgehead atoms. The molecule has 1 aromatic rings. The number of benzene rings is 1. The van der Waals surface area contributed by atoms with E-state index < -0.39 is 34.3 Å². The zero-order valence-corrected chi connectivity index (χ0v) is 13.6. The second kappa shape index (κ2) is 7.34. The fourth-order valence-corrected chi connectivity index (χ4v) is 1.71. The van der Waals surface area contributed by atoms with E-state index in [0.717, 1.165) is 12.1 Å². The maximum Gasteiger partial charge on any atom is 0.339 e. The fourth-order valence-electron chi connectivity index (χ4n) is 1.59.